The van der Waals surface area contributed by atoms with Crippen LogP contribution in [0.5, 0.6) is 0 Å². The van der Waals surface area contributed by atoms with E-state index in [0.29, 0.717) is 0 Å². The Morgan fingerprint density at radius 1 is 1.29 bits per heavy atom. The second kappa shape index (κ2) is 5.26. The summed E-state index contributed by atoms with van der Waals surface area (Å²) in [6.07, 6.45) is 0. The van der Waals surface area contributed by atoms with E-state index in [4.69, 9.17) is 5.21 Å². The van der Waals surface area contributed by atoms with Gasteiger partial charge in [-0.3, -0.25) is 10.0 Å². The Kier molecular flexibility index (Phi) is 4.22. The van der Waals surface area contributed by atoms with Gasteiger partial charge < -0.3 is 0 Å². The average Bonchev–Trinajstić information content (AvgIpc) is 2.27. The van der Waals surface area contributed by atoms with Crippen molar-refractivity contribution in [2.24, 2.45) is 0 Å². The van der Waals surface area contributed by atoms with Crippen LogP contribution in [0, 0.1) is 6.92 Å². The number of carbonyl (C=O) groups excluding carboxylic acids is 1. The first kappa shape index (κ1) is 13.6. The Bertz CT molecular complexity index is 496. The number of carbonyl (C=O) groups is 1. The van der Waals surface area contributed by atoms with Crippen molar-refractivity contribution >= 4 is 15.9 Å². The quantitative estimate of drug-likeness (QED) is 0.530. The number of amides is 1. The Morgan fingerprint density at radius 3 is 2.29 bits per heavy atom. The Hall–Kier alpha value is -1.44. The molecule has 1 aromatic carbocycles. The Balaban J connectivity index is 2.89. The molecule has 6 nitrogen and oxygen atoms in total. The van der Waals surface area contributed by atoms with Crippen molar-refractivity contribution in [2.75, 3.05) is 0 Å². The number of hydrogen-bond acceptors (Lipinski definition) is 4. The van der Waals surface area contributed by atoms with Gasteiger partial charge in [0.25, 0.3) is 5.91 Å². The molecule has 0 aliphatic carbocycles. The molecule has 0 aliphatic heterocycles. The van der Waals surface area contributed by atoms with Crippen LogP contribution < -0.4 is 10.2 Å². The van der Waals surface area contributed by atoms with Crippen LogP contribution >= 0.6 is 0 Å². The van der Waals surface area contributed by atoms with E-state index in [2.05, 4.69) is 4.72 Å². The van der Waals surface area contributed by atoms with Crippen LogP contribution in [0.15, 0.2) is 29.2 Å². The van der Waals surface area contributed by atoms with Crippen molar-refractivity contribution in [3.63, 3.8) is 0 Å². The number of benzene rings is 1. The van der Waals surface area contributed by atoms with Gasteiger partial charge in [-0.2, -0.15) is 4.72 Å². The lowest BCUT2D eigenvalue weighted by molar-refractivity contribution is -0.130. The third-order valence-corrected chi connectivity index (χ3v) is 3.72. The second-order valence-electron chi connectivity index (χ2n) is 3.63. The SMILES string of the molecule is Cc1ccc(S(=O)(=O)N[C@@H](C)C(=O)NO)cc1. The maximum Gasteiger partial charge on any atom is 0.261 e. The number of rotatable bonds is 4. The number of hydroxylamine groups is 1. The number of aryl methyl sites for hydroxylation is 1. The first-order valence-electron chi connectivity index (χ1n) is 4.90. The highest BCUT2D eigenvalue weighted by molar-refractivity contribution is 7.89. The Morgan fingerprint density at radius 2 is 1.82 bits per heavy atom. The highest BCUT2D eigenvalue weighted by Crippen LogP contribution is 2.10. The van der Waals surface area contributed by atoms with Crippen molar-refractivity contribution < 1.29 is 18.4 Å². The number of sulfonamides is 1. The van der Waals surface area contributed by atoms with Gasteiger partial charge in [0.1, 0.15) is 6.04 Å². The van der Waals surface area contributed by atoms with Crippen LogP contribution in [0.25, 0.3) is 0 Å². The summed E-state index contributed by atoms with van der Waals surface area (Å²) in [7, 11) is -3.75. The third kappa shape index (κ3) is 3.52. The Labute approximate surface area is 99.7 Å². The molecule has 0 saturated heterocycles. The predicted molar refractivity (Wildman–Crippen MR) is 60.9 cm³/mol. The fourth-order valence-electron chi connectivity index (χ4n) is 1.17. The van der Waals surface area contributed by atoms with E-state index in [1.54, 1.807) is 12.1 Å². The maximum absolute atomic E-state index is 11.8. The first-order valence-corrected chi connectivity index (χ1v) is 6.38. The molecule has 1 atom stereocenters. The summed E-state index contributed by atoms with van der Waals surface area (Å²) in [5, 5.41) is 8.37. The zero-order chi connectivity index (χ0) is 13.1. The van der Waals surface area contributed by atoms with Gasteiger partial charge in [0.15, 0.2) is 0 Å². The number of nitrogens with one attached hydrogen (secondary N) is 2. The lowest BCUT2D eigenvalue weighted by atomic mass is 10.2. The highest BCUT2D eigenvalue weighted by Gasteiger charge is 2.21. The molecule has 0 aromatic heterocycles. The molecule has 0 bridgehead atoms. The maximum atomic E-state index is 11.8. The highest BCUT2D eigenvalue weighted by atomic mass is 32.2. The van der Waals surface area contributed by atoms with Crippen LogP contribution in [0.3, 0.4) is 0 Å². The molecule has 1 aromatic rings. The average molecular weight is 258 g/mol. The molecule has 0 saturated carbocycles. The van der Waals surface area contributed by atoms with Gasteiger partial charge >= 0.3 is 0 Å². The summed E-state index contributed by atoms with van der Waals surface area (Å²) >= 11 is 0. The molecule has 0 unspecified atom stereocenters. The second-order valence-corrected chi connectivity index (χ2v) is 5.35. The molecule has 0 radical (unpaired) electrons. The van der Waals surface area contributed by atoms with Crippen molar-refractivity contribution in [1.82, 2.24) is 10.2 Å². The minimum absolute atomic E-state index is 0.0701. The molecule has 3 N–H and O–H groups in total. The van der Waals surface area contributed by atoms with Gasteiger partial charge in [-0.15, -0.1) is 0 Å². The standard InChI is InChI=1S/C10H14N2O4S/c1-7-3-5-9(6-4-7)17(15,16)12-8(2)10(13)11-14/h3-6,8,12,14H,1-2H3,(H,11,13)/t8-/m0/s1. The zero-order valence-corrected chi connectivity index (χ0v) is 10.3. The van der Waals surface area contributed by atoms with Gasteiger partial charge in [0, 0.05) is 0 Å². The lowest BCUT2D eigenvalue weighted by Crippen LogP contribution is -2.43. The van der Waals surface area contributed by atoms with Crippen molar-refractivity contribution in [2.45, 2.75) is 24.8 Å². The molecule has 1 rings (SSSR count). The minimum Gasteiger partial charge on any atom is -0.289 e. The lowest BCUT2D eigenvalue weighted by Gasteiger charge is -2.12. The molecular weight excluding hydrogens is 244 g/mol. The van der Waals surface area contributed by atoms with Crippen LogP contribution in [0.4, 0.5) is 0 Å². The van der Waals surface area contributed by atoms with Gasteiger partial charge in [0.05, 0.1) is 4.90 Å². The van der Waals surface area contributed by atoms with E-state index >= 15 is 0 Å². The fourth-order valence-corrected chi connectivity index (χ4v) is 2.37. The summed E-state index contributed by atoms with van der Waals surface area (Å²) in [5.41, 5.74) is 2.32. The minimum atomic E-state index is -3.75. The largest absolute Gasteiger partial charge is 0.289 e. The molecule has 94 valence electrons. The monoisotopic (exact) mass is 258 g/mol. The van der Waals surface area contributed by atoms with Crippen LogP contribution in [-0.4, -0.2) is 25.6 Å². The van der Waals surface area contributed by atoms with Gasteiger partial charge in [-0.1, -0.05) is 17.7 Å². The molecule has 17 heavy (non-hydrogen) atoms. The van der Waals surface area contributed by atoms with Crippen molar-refractivity contribution in [1.29, 1.82) is 0 Å². The van der Waals surface area contributed by atoms with Gasteiger partial charge in [0.2, 0.25) is 10.0 Å². The van der Waals surface area contributed by atoms with Crippen molar-refractivity contribution in [3.8, 4) is 0 Å². The summed E-state index contributed by atoms with van der Waals surface area (Å²) in [4.78, 5) is 11.1. The first-order chi connectivity index (χ1) is 7.86. The summed E-state index contributed by atoms with van der Waals surface area (Å²) in [6, 6.07) is 5.16. The molecular formula is C10H14N2O4S. The van der Waals surface area contributed by atoms with Crippen LogP contribution in [-0.2, 0) is 14.8 Å². The fraction of sp³-hybridized carbons (Fsp3) is 0.300. The molecule has 0 fully saturated rings. The molecule has 0 heterocycles. The summed E-state index contributed by atoms with van der Waals surface area (Å²) in [5.74, 6) is -0.819. The smallest absolute Gasteiger partial charge is 0.261 e. The molecule has 0 spiro atoms. The van der Waals surface area contributed by atoms with Crippen LogP contribution in [0.2, 0.25) is 0 Å². The normalized spacial score (nSPS) is 13.1. The van der Waals surface area contributed by atoms with E-state index in [1.165, 1.54) is 24.5 Å². The third-order valence-electron chi connectivity index (χ3n) is 2.17. The number of hydrogen-bond donors (Lipinski definition) is 3. The van der Waals surface area contributed by atoms with Gasteiger partial charge in [-0.05, 0) is 26.0 Å². The van der Waals surface area contributed by atoms with Crippen LogP contribution in [0.1, 0.15) is 12.5 Å². The van der Waals surface area contributed by atoms with E-state index in [9.17, 15) is 13.2 Å². The van der Waals surface area contributed by atoms with E-state index in [-0.39, 0.29) is 4.90 Å². The molecule has 1 amide bonds. The topological polar surface area (TPSA) is 95.5 Å². The van der Waals surface area contributed by atoms with Gasteiger partial charge in [-0.25, -0.2) is 13.9 Å². The van der Waals surface area contributed by atoms with E-state index < -0.39 is 22.0 Å². The van der Waals surface area contributed by atoms with E-state index in [1.807, 2.05) is 6.92 Å². The molecule has 0 aliphatic rings. The predicted octanol–water partition coefficient (Wildman–Crippen LogP) is 0.167. The summed E-state index contributed by atoms with van der Waals surface area (Å²) in [6.45, 7) is 3.17. The van der Waals surface area contributed by atoms with Crippen molar-refractivity contribution in [3.05, 3.63) is 29.8 Å². The molecule has 7 heteroatoms. The zero-order valence-electron chi connectivity index (χ0n) is 9.47. The van der Waals surface area contributed by atoms with E-state index in [0.717, 1.165) is 5.56 Å². The summed E-state index contributed by atoms with van der Waals surface area (Å²) < 4.78 is 25.7.